The summed E-state index contributed by atoms with van der Waals surface area (Å²) in [6.07, 6.45) is 2.01. The predicted molar refractivity (Wildman–Crippen MR) is 142 cm³/mol. The van der Waals surface area contributed by atoms with Gasteiger partial charge in [-0.1, -0.05) is 55.8 Å². The molecule has 1 amide bonds. The number of fused-ring (bicyclic) bond motifs is 2. The van der Waals surface area contributed by atoms with E-state index in [0.717, 1.165) is 40.8 Å². The normalized spacial score (nSPS) is 15.6. The van der Waals surface area contributed by atoms with E-state index in [0.29, 0.717) is 41.8 Å². The number of nitrogens with zero attached hydrogens (tertiary/aromatic N) is 2. The molecule has 2 aliphatic rings. The number of unbranched alkanes of at least 4 members (excludes halogenated alkanes) is 1. The molecular weight excluding hydrogens is 482 g/mol. The summed E-state index contributed by atoms with van der Waals surface area (Å²) >= 11 is 0. The van der Waals surface area contributed by atoms with Crippen LogP contribution in [0.15, 0.2) is 66.7 Å². The van der Waals surface area contributed by atoms with Crippen LogP contribution >= 0.6 is 0 Å². The molecule has 8 heteroatoms. The van der Waals surface area contributed by atoms with Gasteiger partial charge in [-0.3, -0.25) is 9.89 Å². The minimum Gasteiger partial charge on any atom is -0.493 e. The van der Waals surface area contributed by atoms with Crippen LogP contribution in [0.2, 0.25) is 0 Å². The minimum absolute atomic E-state index is 0.111. The number of hydrogen-bond donors (Lipinski definition) is 1. The van der Waals surface area contributed by atoms with Crippen LogP contribution in [-0.2, 0) is 6.54 Å². The van der Waals surface area contributed by atoms with Gasteiger partial charge < -0.3 is 23.8 Å². The van der Waals surface area contributed by atoms with E-state index in [2.05, 4.69) is 17.1 Å². The van der Waals surface area contributed by atoms with Gasteiger partial charge in [0, 0.05) is 17.7 Å². The molecule has 0 saturated heterocycles. The SMILES string of the molecule is CCCCOc1ccc(C2c3c(-c4ccccc4)n[nH]c3C(=O)N2Cc2ccc3c(c2)OCO3)cc1OC. The summed E-state index contributed by atoms with van der Waals surface area (Å²) in [4.78, 5) is 15.7. The number of rotatable bonds is 9. The number of benzene rings is 3. The van der Waals surface area contributed by atoms with Crippen LogP contribution in [0.5, 0.6) is 23.0 Å². The Balaban J connectivity index is 1.42. The highest BCUT2D eigenvalue weighted by molar-refractivity contribution is 6.00. The number of amides is 1. The molecule has 194 valence electrons. The third-order valence-electron chi connectivity index (χ3n) is 6.96. The number of ether oxygens (including phenoxy) is 4. The zero-order valence-corrected chi connectivity index (χ0v) is 21.4. The molecule has 3 aromatic carbocycles. The highest BCUT2D eigenvalue weighted by Crippen LogP contribution is 2.45. The fourth-order valence-corrected chi connectivity index (χ4v) is 5.06. The molecule has 0 bridgehead atoms. The van der Waals surface area contributed by atoms with Crippen LogP contribution < -0.4 is 18.9 Å². The van der Waals surface area contributed by atoms with Crippen LogP contribution in [0, 0.1) is 0 Å². The monoisotopic (exact) mass is 511 g/mol. The van der Waals surface area contributed by atoms with E-state index in [4.69, 9.17) is 18.9 Å². The van der Waals surface area contributed by atoms with Crippen LogP contribution in [0.3, 0.4) is 0 Å². The molecule has 3 heterocycles. The van der Waals surface area contributed by atoms with E-state index in [1.54, 1.807) is 7.11 Å². The second-order valence-corrected chi connectivity index (χ2v) is 9.36. The zero-order valence-electron chi connectivity index (χ0n) is 21.4. The smallest absolute Gasteiger partial charge is 0.273 e. The molecule has 8 nitrogen and oxygen atoms in total. The van der Waals surface area contributed by atoms with Crippen LogP contribution in [0.1, 0.15) is 53.0 Å². The number of hydrogen-bond acceptors (Lipinski definition) is 6. The first-order chi connectivity index (χ1) is 18.7. The Kier molecular flexibility index (Phi) is 6.37. The van der Waals surface area contributed by atoms with Crippen molar-refractivity contribution in [1.82, 2.24) is 15.1 Å². The maximum absolute atomic E-state index is 13.8. The Labute approximate surface area is 221 Å². The molecule has 1 aromatic heterocycles. The lowest BCUT2D eigenvalue weighted by atomic mass is 9.95. The van der Waals surface area contributed by atoms with Crippen molar-refractivity contribution in [3.8, 4) is 34.3 Å². The third kappa shape index (κ3) is 4.22. The van der Waals surface area contributed by atoms with Gasteiger partial charge in [-0.15, -0.1) is 0 Å². The van der Waals surface area contributed by atoms with Crippen LogP contribution in [0.25, 0.3) is 11.3 Å². The van der Waals surface area contributed by atoms with Crippen molar-refractivity contribution in [2.45, 2.75) is 32.4 Å². The number of nitrogens with one attached hydrogen (secondary N) is 1. The summed E-state index contributed by atoms with van der Waals surface area (Å²) in [6, 6.07) is 21.2. The number of carbonyl (C=O) groups excluding carboxylic acids is 1. The van der Waals surface area contributed by atoms with Crippen LogP contribution in [-0.4, -0.2) is 41.5 Å². The second kappa shape index (κ2) is 10.1. The first-order valence-electron chi connectivity index (χ1n) is 12.8. The van der Waals surface area contributed by atoms with Crippen molar-refractivity contribution in [3.05, 3.63) is 89.1 Å². The van der Waals surface area contributed by atoms with E-state index in [9.17, 15) is 4.79 Å². The van der Waals surface area contributed by atoms with Gasteiger partial charge in [0.15, 0.2) is 23.0 Å². The number of methoxy groups -OCH3 is 1. The maximum Gasteiger partial charge on any atom is 0.273 e. The van der Waals surface area contributed by atoms with Crippen molar-refractivity contribution >= 4 is 5.91 Å². The van der Waals surface area contributed by atoms with Gasteiger partial charge in [-0.25, -0.2) is 0 Å². The predicted octanol–water partition coefficient (Wildman–Crippen LogP) is 5.74. The van der Waals surface area contributed by atoms with Gasteiger partial charge in [0.05, 0.1) is 25.5 Å². The first kappa shape index (κ1) is 23.9. The fraction of sp³-hybridized carbons (Fsp3) is 0.267. The third-order valence-corrected chi connectivity index (χ3v) is 6.96. The van der Waals surface area contributed by atoms with Crippen molar-refractivity contribution in [2.75, 3.05) is 20.5 Å². The highest BCUT2D eigenvalue weighted by atomic mass is 16.7. The minimum atomic E-state index is -0.379. The van der Waals surface area contributed by atoms with E-state index in [1.165, 1.54) is 0 Å². The average molecular weight is 512 g/mol. The topological polar surface area (TPSA) is 85.9 Å². The quantitative estimate of drug-likeness (QED) is 0.289. The van der Waals surface area contributed by atoms with E-state index in [1.807, 2.05) is 71.6 Å². The summed E-state index contributed by atoms with van der Waals surface area (Å²) < 4.78 is 22.7. The van der Waals surface area contributed by atoms with Gasteiger partial charge in [-0.05, 0) is 41.8 Å². The van der Waals surface area contributed by atoms with E-state index in [-0.39, 0.29) is 18.7 Å². The lowest BCUT2D eigenvalue weighted by molar-refractivity contribution is 0.0729. The largest absolute Gasteiger partial charge is 0.493 e. The molecule has 0 spiro atoms. The van der Waals surface area contributed by atoms with Gasteiger partial charge in [0.25, 0.3) is 5.91 Å². The Morgan fingerprint density at radius 3 is 2.68 bits per heavy atom. The second-order valence-electron chi connectivity index (χ2n) is 9.36. The molecule has 0 saturated carbocycles. The molecule has 0 radical (unpaired) electrons. The Bertz CT molecular complexity index is 1470. The van der Waals surface area contributed by atoms with Crippen molar-refractivity contribution in [2.24, 2.45) is 0 Å². The average Bonchev–Trinajstić information content (AvgIpc) is 3.66. The summed E-state index contributed by atoms with van der Waals surface area (Å²) in [6.45, 7) is 3.33. The Morgan fingerprint density at radius 2 is 1.87 bits per heavy atom. The summed E-state index contributed by atoms with van der Waals surface area (Å²) in [5.74, 6) is 2.60. The molecule has 0 fully saturated rings. The van der Waals surface area contributed by atoms with Gasteiger partial charge in [0.2, 0.25) is 6.79 Å². The molecule has 6 rings (SSSR count). The maximum atomic E-state index is 13.8. The molecule has 1 unspecified atom stereocenters. The number of carbonyl (C=O) groups is 1. The van der Waals surface area contributed by atoms with E-state index < -0.39 is 0 Å². The standard InChI is InChI=1S/C30H29N3O5/c1-3-4-14-36-22-13-11-21(16-24(22)35-2)29-26-27(20-8-6-5-7-9-20)31-32-28(26)30(34)33(29)17-19-10-12-23-25(15-19)38-18-37-23/h5-13,15-16,29H,3-4,14,17-18H2,1-2H3,(H,31,32). The number of aromatic amines is 1. The van der Waals surface area contributed by atoms with Crippen molar-refractivity contribution in [1.29, 1.82) is 0 Å². The lowest BCUT2D eigenvalue weighted by Crippen LogP contribution is -2.29. The summed E-state index contributed by atoms with van der Waals surface area (Å²) in [5, 5.41) is 7.59. The van der Waals surface area contributed by atoms with Gasteiger partial charge >= 0.3 is 0 Å². The Hall–Kier alpha value is -4.46. The Morgan fingerprint density at radius 1 is 1.03 bits per heavy atom. The molecule has 1 N–H and O–H groups in total. The van der Waals surface area contributed by atoms with Gasteiger partial charge in [-0.2, -0.15) is 5.10 Å². The van der Waals surface area contributed by atoms with Gasteiger partial charge in [0.1, 0.15) is 5.69 Å². The zero-order chi connectivity index (χ0) is 26.1. The molecule has 4 aromatic rings. The number of aromatic nitrogens is 2. The first-order valence-corrected chi connectivity index (χ1v) is 12.8. The molecule has 0 aliphatic carbocycles. The van der Waals surface area contributed by atoms with Crippen LogP contribution in [0.4, 0.5) is 0 Å². The summed E-state index contributed by atoms with van der Waals surface area (Å²) in [5.41, 5.74) is 4.91. The molecular formula is C30H29N3O5. The fourth-order valence-electron chi connectivity index (χ4n) is 5.06. The van der Waals surface area contributed by atoms with Crippen molar-refractivity contribution < 1.29 is 23.7 Å². The molecule has 1 atom stereocenters. The highest BCUT2D eigenvalue weighted by Gasteiger charge is 2.42. The molecule has 38 heavy (non-hydrogen) atoms. The summed E-state index contributed by atoms with van der Waals surface area (Å²) in [7, 11) is 1.63. The lowest BCUT2D eigenvalue weighted by Gasteiger charge is -2.27. The van der Waals surface area contributed by atoms with Crippen molar-refractivity contribution in [3.63, 3.8) is 0 Å². The number of H-pyrrole nitrogens is 1. The molecule has 2 aliphatic heterocycles. The van der Waals surface area contributed by atoms with E-state index >= 15 is 0 Å².